The molecule has 0 saturated carbocycles. The minimum atomic E-state index is 0.632. The Labute approximate surface area is 331 Å². The standard InChI is InChI=1S/C52H31N5O/c1-2-14-32(15-3-1)55-45-25-13-8-20-38(45)49-46(55)28-27-39(51(49)57-43-23-11-6-18-36(43)37-19-7-12-24-44(37)57)52-53-31-48-50(54-52)40-30-33(26-29-47(40)58-48)56-41-21-9-4-16-34(41)35-17-5-10-22-42(35)56/h1-31H. The van der Waals surface area contributed by atoms with Crippen molar-refractivity contribution in [3.05, 3.63) is 188 Å². The smallest absolute Gasteiger partial charge is 0.172 e. The van der Waals surface area contributed by atoms with E-state index in [9.17, 15) is 0 Å². The quantitative estimate of drug-likeness (QED) is 0.180. The summed E-state index contributed by atoms with van der Waals surface area (Å²) in [4.78, 5) is 10.5. The molecule has 0 saturated heterocycles. The molecule has 0 amide bonds. The zero-order valence-corrected chi connectivity index (χ0v) is 31.0. The van der Waals surface area contributed by atoms with Crippen LogP contribution in [-0.2, 0) is 0 Å². The second-order valence-corrected chi connectivity index (χ2v) is 15.0. The van der Waals surface area contributed by atoms with E-state index in [1.165, 1.54) is 21.5 Å². The third kappa shape index (κ3) is 4.26. The highest BCUT2D eigenvalue weighted by atomic mass is 16.3. The van der Waals surface area contributed by atoms with Gasteiger partial charge in [0, 0.05) is 54.6 Å². The number of hydrogen-bond acceptors (Lipinski definition) is 3. The normalized spacial score (nSPS) is 12.1. The van der Waals surface area contributed by atoms with Crippen LogP contribution in [0.2, 0.25) is 0 Å². The molecule has 58 heavy (non-hydrogen) atoms. The summed E-state index contributed by atoms with van der Waals surface area (Å²) in [7, 11) is 0. The summed E-state index contributed by atoms with van der Waals surface area (Å²) in [5.41, 5.74) is 13.1. The van der Waals surface area contributed by atoms with Gasteiger partial charge in [0.2, 0.25) is 0 Å². The molecule has 0 fully saturated rings. The first-order valence-corrected chi connectivity index (χ1v) is 19.6. The Hall–Kier alpha value is -7.96. The lowest BCUT2D eigenvalue weighted by atomic mass is 10.0. The molecule has 13 aromatic rings. The predicted octanol–water partition coefficient (Wildman–Crippen LogP) is 13.3. The predicted molar refractivity (Wildman–Crippen MR) is 238 cm³/mol. The second kappa shape index (κ2) is 11.8. The van der Waals surface area contributed by atoms with Crippen molar-refractivity contribution in [3.63, 3.8) is 0 Å². The van der Waals surface area contributed by atoms with Gasteiger partial charge in [-0.2, -0.15) is 0 Å². The fraction of sp³-hybridized carbons (Fsp3) is 0. The molecule has 6 heteroatoms. The number of aromatic nitrogens is 5. The van der Waals surface area contributed by atoms with Gasteiger partial charge in [-0.25, -0.2) is 9.97 Å². The van der Waals surface area contributed by atoms with Crippen LogP contribution in [0.15, 0.2) is 193 Å². The van der Waals surface area contributed by atoms with Crippen LogP contribution < -0.4 is 0 Å². The van der Waals surface area contributed by atoms with Gasteiger partial charge in [-0.15, -0.1) is 0 Å². The molecule has 6 nitrogen and oxygen atoms in total. The molecule has 5 heterocycles. The highest BCUT2D eigenvalue weighted by molar-refractivity contribution is 6.19. The molecule has 0 atom stereocenters. The van der Waals surface area contributed by atoms with Gasteiger partial charge >= 0.3 is 0 Å². The van der Waals surface area contributed by atoms with Crippen molar-refractivity contribution in [2.24, 2.45) is 0 Å². The third-order valence-electron chi connectivity index (χ3n) is 11.9. The Morgan fingerprint density at radius 1 is 0.379 bits per heavy atom. The van der Waals surface area contributed by atoms with Crippen LogP contribution in [0.1, 0.15) is 0 Å². The van der Waals surface area contributed by atoms with Gasteiger partial charge in [-0.05, 0) is 72.8 Å². The van der Waals surface area contributed by atoms with Crippen LogP contribution in [0.25, 0.3) is 116 Å². The lowest BCUT2D eigenvalue weighted by Gasteiger charge is -2.16. The van der Waals surface area contributed by atoms with Crippen molar-refractivity contribution in [1.29, 1.82) is 0 Å². The number of rotatable bonds is 4. The average molecular weight is 742 g/mol. The van der Waals surface area contributed by atoms with Gasteiger partial charge in [0.25, 0.3) is 0 Å². The van der Waals surface area contributed by atoms with Gasteiger partial charge in [0.05, 0.1) is 45.0 Å². The molecule has 0 unspecified atom stereocenters. The fourth-order valence-corrected chi connectivity index (χ4v) is 9.49. The highest BCUT2D eigenvalue weighted by Crippen LogP contribution is 2.44. The van der Waals surface area contributed by atoms with Crippen LogP contribution >= 0.6 is 0 Å². The summed E-state index contributed by atoms with van der Waals surface area (Å²) in [6, 6.07) is 64.7. The van der Waals surface area contributed by atoms with E-state index in [1.54, 1.807) is 0 Å². The molecule has 8 aromatic carbocycles. The topological polar surface area (TPSA) is 53.7 Å². The van der Waals surface area contributed by atoms with Crippen LogP contribution in [0.5, 0.6) is 0 Å². The molecule has 0 spiro atoms. The third-order valence-corrected chi connectivity index (χ3v) is 11.9. The lowest BCUT2D eigenvalue weighted by molar-refractivity contribution is 0.666. The summed E-state index contributed by atoms with van der Waals surface area (Å²) >= 11 is 0. The highest BCUT2D eigenvalue weighted by Gasteiger charge is 2.25. The first-order chi connectivity index (χ1) is 28.8. The molecule has 0 aliphatic carbocycles. The Kier molecular flexibility index (Phi) is 6.35. The van der Waals surface area contributed by atoms with Crippen LogP contribution in [0.3, 0.4) is 0 Å². The Balaban J connectivity index is 1.13. The first-order valence-electron chi connectivity index (χ1n) is 19.6. The van der Waals surface area contributed by atoms with E-state index in [-0.39, 0.29) is 0 Å². The van der Waals surface area contributed by atoms with Gasteiger partial charge in [0.15, 0.2) is 11.4 Å². The Morgan fingerprint density at radius 3 is 1.52 bits per heavy atom. The minimum Gasteiger partial charge on any atom is -0.453 e. The summed E-state index contributed by atoms with van der Waals surface area (Å²) in [5.74, 6) is 0.632. The van der Waals surface area contributed by atoms with Crippen molar-refractivity contribution in [1.82, 2.24) is 23.7 Å². The summed E-state index contributed by atoms with van der Waals surface area (Å²) < 4.78 is 13.6. The summed E-state index contributed by atoms with van der Waals surface area (Å²) in [6.45, 7) is 0. The van der Waals surface area contributed by atoms with Gasteiger partial charge in [-0.1, -0.05) is 109 Å². The maximum atomic E-state index is 6.45. The van der Waals surface area contributed by atoms with Crippen molar-refractivity contribution in [3.8, 4) is 28.5 Å². The number of nitrogens with zero attached hydrogens (tertiary/aromatic N) is 5. The Bertz CT molecular complexity index is 3700. The van der Waals surface area contributed by atoms with Crippen LogP contribution in [0, 0.1) is 0 Å². The van der Waals surface area contributed by atoms with E-state index in [1.807, 2.05) is 6.20 Å². The molecule has 5 aromatic heterocycles. The van der Waals surface area contributed by atoms with E-state index in [4.69, 9.17) is 14.4 Å². The van der Waals surface area contributed by atoms with E-state index in [0.29, 0.717) is 11.4 Å². The monoisotopic (exact) mass is 741 g/mol. The molecule has 0 N–H and O–H groups in total. The summed E-state index contributed by atoms with van der Waals surface area (Å²) in [5, 5.41) is 8.08. The molecule has 13 rings (SSSR count). The van der Waals surface area contributed by atoms with E-state index in [2.05, 4.69) is 196 Å². The zero-order valence-electron chi connectivity index (χ0n) is 31.0. The zero-order chi connectivity index (χ0) is 37.9. The molecule has 0 radical (unpaired) electrons. The van der Waals surface area contributed by atoms with Crippen molar-refractivity contribution >= 4 is 87.5 Å². The fourth-order valence-electron chi connectivity index (χ4n) is 9.49. The first kappa shape index (κ1) is 31.3. The van der Waals surface area contributed by atoms with Gasteiger partial charge in [-0.3, -0.25) is 0 Å². The van der Waals surface area contributed by atoms with Crippen molar-refractivity contribution in [2.75, 3.05) is 0 Å². The molecule has 0 aliphatic rings. The van der Waals surface area contributed by atoms with E-state index >= 15 is 0 Å². The SMILES string of the molecule is c1ccc(-n2c3ccccc3c3c(-n4c5ccccc5c5ccccc54)c(-c4ncc5oc6ccc(-n7c8ccccc8c8ccccc87)cc6c5n4)ccc32)cc1. The van der Waals surface area contributed by atoms with E-state index < -0.39 is 0 Å². The second-order valence-electron chi connectivity index (χ2n) is 15.0. The maximum Gasteiger partial charge on any atom is 0.172 e. The maximum absolute atomic E-state index is 6.45. The van der Waals surface area contributed by atoms with Gasteiger partial charge < -0.3 is 18.1 Å². The molecule has 0 bridgehead atoms. The number of hydrogen-bond donors (Lipinski definition) is 0. The number of benzene rings is 8. The lowest BCUT2D eigenvalue weighted by Crippen LogP contribution is -2.01. The number of furan rings is 1. The van der Waals surface area contributed by atoms with Crippen LogP contribution in [-0.4, -0.2) is 23.7 Å². The largest absolute Gasteiger partial charge is 0.453 e. The number of fused-ring (bicyclic) bond motifs is 12. The molecule has 0 aliphatic heterocycles. The minimum absolute atomic E-state index is 0.632. The van der Waals surface area contributed by atoms with Crippen molar-refractivity contribution in [2.45, 2.75) is 0 Å². The Morgan fingerprint density at radius 2 is 0.897 bits per heavy atom. The molecule has 270 valence electrons. The average Bonchev–Trinajstić information content (AvgIpc) is 4.02. The summed E-state index contributed by atoms with van der Waals surface area (Å²) in [6.07, 6.45) is 1.84. The van der Waals surface area contributed by atoms with Crippen LogP contribution in [0.4, 0.5) is 0 Å². The van der Waals surface area contributed by atoms with E-state index in [0.717, 1.165) is 83.0 Å². The number of para-hydroxylation sites is 6. The van der Waals surface area contributed by atoms with Gasteiger partial charge in [0.1, 0.15) is 11.1 Å². The molecular weight excluding hydrogens is 711 g/mol. The van der Waals surface area contributed by atoms with Crippen molar-refractivity contribution < 1.29 is 4.42 Å². The molecular formula is C52H31N5O.